The van der Waals surface area contributed by atoms with Gasteiger partial charge in [0.15, 0.2) is 0 Å². The zero-order valence-electron chi connectivity index (χ0n) is 22.9. The SMILES string of the molecule is Cc1ccc(S(=O)(=O)N(CC(=O)N(Cc2ccc(F)cc2)[C@@H](C)C(=O)NC(C)(C)C)c2cc(Cl)cc(Cl)c2)cc1. The van der Waals surface area contributed by atoms with E-state index in [2.05, 4.69) is 5.32 Å². The summed E-state index contributed by atoms with van der Waals surface area (Å²) in [7, 11) is -4.27. The van der Waals surface area contributed by atoms with E-state index in [1.807, 2.05) is 27.7 Å². The highest BCUT2D eigenvalue weighted by Crippen LogP contribution is 2.30. The number of carbonyl (C=O) groups excluding carboxylic acids is 2. The van der Waals surface area contributed by atoms with Crippen molar-refractivity contribution in [1.82, 2.24) is 10.2 Å². The smallest absolute Gasteiger partial charge is 0.264 e. The number of benzene rings is 3. The molecule has 0 spiro atoms. The highest BCUT2D eigenvalue weighted by molar-refractivity contribution is 7.92. The number of sulfonamides is 1. The van der Waals surface area contributed by atoms with Gasteiger partial charge in [-0.3, -0.25) is 13.9 Å². The lowest BCUT2D eigenvalue weighted by Crippen LogP contribution is -2.54. The van der Waals surface area contributed by atoms with Crippen molar-refractivity contribution in [3.8, 4) is 0 Å². The monoisotopic (exact) mass is 607 g/mol. The number of nitrogens with one attached hydrogen (secondary N) is 1. The number of hydrogen-bond acceptors (Lipinski definition) is 4. The first kappa shape index (κ1) is 31.4. The van der Waals surface area contributed by atoms with Gasteiger partial charge in [-0.2, -0.15) is 0 Å². The Labute approximate surface area is 244 Å². The number of anilines is 1. The van der Waals surface area contributed by atoms with Crippen molar-refractivity contribution in [2.75, 3.05) is 10.8 Å². The minimum absolute atomic E-state index is 0.0365. The van der Waals surface area contributed by atoms with E-state index < -0.39 is 45.8 Å². The molecule has 0 fully saturated rings. The molecule has 0 aromatic heterocycles. The van der Waals surface area contributed by atoms with E-state index in [0.29, 0.717) is 5.56 Å². The molecule has 1 atom stereocenters. The molecule has 0 aliphatic heterocycles. The molecule has 3 rings (SSSR count). The highest BCUT2D eigenvalue weighted by atomic mass is 35.5. The molecule has 214 valence electrons. The maximum atomic E-state index is 13.9. The molecular formula is C29H32Cl2FN3O4S. The zero-order chi connectivity index (χ0) is 29.8. The average molecular weight is 609 g/mol. The minimum atomic E-state index is -4.27. The Kier molecular flexibility index (Phi) is 9.87. The molecule has 0 unspecified atom stereocenters. The van der Waals surface area contributed by atoms with Crippen molar-refractivity contribution < 1.29 is 22.4 Å². The second-order valence-electron chi connectivity index (χ2n) is 10.5. The Morgan fingerprint density at radius 1 is 0.950 bits per heavy atom. The minimum Gasteiger partial charge on any atom is -0.350 e. The molecule has 0 saturated carbocycles. The molecule has 0 heterocycles. The van der Waals surface area contributed by atoms with E-state index in [-0.39, 0.29) is 27.2 Å². The lowest BCUT2D eigenvalue weighted by Gasteiger charge is -2.33. The van der Waals surface area contributed by atoms with E-state index in [1.54, 1.807) is 19.1 Å². The first-order chi connectivity index (χ1) is 18.6. The lowest BCUT2D eigenvalue weighted by molar-refractivity contribution is -0.140. The number of hydrogen-bond donors (Lipinski definition) is 1. The Hall–Kier alpha value is -3.14. The zero-order valence-corrected chi connectivity index (χ0v) is 25.2. The van der Waals surface area contributed by atoms with Gasteiger partial charge in [-0.25, -0.2) is 12.8 Å². The Morgan fingerprint density at radius 2 is 1.50 bits per heavy atom. The van der Waals surface area contributed by atoms with Crippen LogP contribution in [0.1, 0.15) is 38.8 Å². The van der Waals surface area contributed by atoms with Crippen LogP contribution in [0.3, 0.4) is 0 Å². The standard InChI is InChI=1S/C29H32Cl2FN3O4S/c1-19-6-12-26(13-7-19)40(38,39)35(25-15-22(30)14-23(31)16-25)18-27(36)34(17-21-8-10-24(32)11-9-21)20(2)28(37)33-29(3,4)5/h6-16,20H,17-18H2,1-5H3,(H,33,37)/t20-/m0/s1. The topological polar surface area (TPSA) is 86.8 Å². The van der Waals surface area contributed by atoms with Crippen molar-refractivity contribution in [3.05, 3.63) is 93.7 Å². The normalized spacial score (nSPS) is 12.5. The van der Waals surface area contributed by atoms with Gasteiger partial charge in [0.2, 0.25) is 11.8 Å². The van der Waals surface area contributed by atoms with Gasteiger partial charge in [-0.1, -0.05) is 53.0 Å². The molecule has 11 heteroatoms. The number of amides is 2. The molecule has 3 aromatic carbocycles. The number of carbonyl (C=O) groups is 2. The molecule has 0 aliphatic carbocycles. The predicted molar refractivity (Wildman–Crippen MR) is 156 cm³/mol. The summed E-state index contributed by atoms with van der Waals surface area (Å²) in [5, 5.41) is 3.21. The summed E-state index contributed by atoms with van der Waals surface area (Å²) in [5.74, 6) is -1.54. The van der Waals surface area contributed by atoms with Gasteiger partial charge in [-0.15, -0.1) is 0 Å². The van der Waals surface area contributed by atoms with Gasteiger partial charge in [-0.05, 0) is 82.6 Å². The van der Waals surface area contributed by atoms with Crippen LogP contribution >= 0.6 is 23.2 Å². The largest absolute Gasteiger partial charge is 0.350 e. The fourth-order valence-electron chi connectivity index (χ4n) is 3.89. The average Bonchev–Trinajstić information content (AvgIpc) is 2.85. The molecule has 0 bridgehead atoms. The number of aryl methyl sites for hydroxylation is 1. The van der Waals surface area contributed by atoms with Crippen molar-refractivity contribution >= 4 is 50.7 Å². The van der Waals surface area contributed by atoms with Crippen molar-refractivity contribution in [3.63, 3.8) is 0 Å². The number of nitrogens with zero attached hydrogens (tertiary/aromatic N) is 2. The first-order valence-electron chi connectivity index (χ1n) is 12.5. The molecule has 0 radical (unpaired) electrons. The van der Waals surface area contributed by atoms with Crippen LogP contribution in [-0.2, 0) is 26.2 Å². The van der Waals surface area contributed by atoms with Gasteiger partial charge in [0, 0.05) is 22.1 Å². The fourth-order valence-corrected chi connectivity index (χ4v) is 5.81. The maximum Gasteiger partial charge on any atom is 0.264 e. The Bertz CT molecular complexity index is 1450. The van der Waals surface area contributed by atoms with Gasteiger partial charge >= 0.3 is 0 Å². The summed E-state index contributed by atoms with van der Waals surface area (Å²) in [6, 6.07) is 15.0. The predicted octanol–water partition coefficient (Wildman–Crippen LogP) is 5.97. The Balaban J connectivity index is 2.07. The van der Waals surface area contributed by atoms with Crippen LogP contribution in [0.4, 0.5) is 10.1 Å². The van der Waals surface area contributed by atoms with Crippen molar-refractivity contribution in [2.45, 2.75) is 57.6 Å². The molecule has 7 nitrogen and oxygen atoms in total. The van der Waals surface area contributed by atoms with Gasteiger partial charge in [0.05, 0.1) is 10.6 Å². The van der Waals surface area contributed by atoms with Gasteiger partial charge in [0.25, 0.3) is 10.0 Å². The summed E-state index contributed by atoms with van der Waals surface area (Å²) in [5.41, 5.74) is 0.925. The van der Waals surface area contributed by atoms with E-state index in [4.69, 9.17) is 23.2 Å². The van der Waals surface area contributed by atoms with Crippen LogP contribution in [0.5, 0.6) is 0 Å². The van der Waals surface area contributed by atoms with E-state index in [9.17, 15) is 22.4 Å². The third-order valence-electron chi connectivity index (χ3n) is 5.95. The van der Waals surface area contributed by atoms with Crippen molar-refractivity contribution in [1.29, 1.82) is 0 Å². The van der Waals surface area contributed by atoms with Crippen LogP contribution in [0.15, 0.2) is 71.6 Å². The molecule has 2 amide bonds. The number of halogens is 3. The highest BCUT2D eigenvalue weighted by Gasteiger charge is 2.33. The summed E-state index contributed by atoms with van der Waals surface area (Å²) in [6.45, 7) is 8.09. The number of rotatable bonds is 9. The second-order valence-corrected chi connectivity index (χ2v) is 13.3. The summed E-state index contributed by atoms with van der Waals surface area (Å²) < 4.78 is 42.2. The van der Waals surface area contributed by atoms with Crippen LogP contribution in [0.2, 0.25) is 10.0 Å². The fraction of sp³-hybridized carbons (Fsp3) is 0.310. The second kappa shape index (κ2) is 12.6. The van der Waals surface area contributed by atoms with Crippen LogP contribution in [0.25, 0.3) is 0 Å². The molecule has 40 heavy (non-hydrogen) atoms. The van der Waals surface area contributed by atoms with E-state index in [0.717, 1.165) is 9.87 Å². The van der Waals surface area contributed by atoms with Crippen LogP contribution in [-0.4, -0.2) is 43.3 Å². The third-order valence-corrected chi connectivity index (χ3v) is 8.18. The molecule has 0 saturated heterocycles. The third kappa shape index (κ3) is 8.19. The van der Waals surface area contributed by atoms with Gasteiger partial charge in [0.1, 0.15) is 18.4 Å². The van der Waals surface area contributed by atoms with Crippen molar-refractivity contribution in [2.24, 2.45) is 0 Å². The molecule has 0 aliphatic rings. The summed E-state index contributed by atoms with van der Waals surface area (Å²) >= 11 is 12.4. The lowest BCUT2D eigenvalue weighted by atomic mass is 10.1. The summed E-state index contributed by atoms with van der Waals surface area (Å²) in [6.07, 6.45) is 0. The van der Waals surface area contributed by atoms with Crippen LogP contribution < -0.4 is 9.62 Å². The quantitative estimate of drug-likeness (QED) is 0.325. The summed E-state index contributed by atoms with van der Waals surface area (Å²) in [4.78, 5) is 28.2. The van der Waals surface area contributed by atoms with E-state index in [1.165, 1.54) is 59.5 Å². The molecular weight excluding hydrogens is 576 g/mol. The maximum absolute atomic E-state index is 13.9. The Morgan fingerprint density at radius 3 is 2.02 bits per heavy atom. The van der Waals surface area contributed by atoms with Crippen LogP contribution in [0, 0.1) is 12.7 Å². The first-order valence-corrected chi connectivity index (χ1v) is 14.7. The van der Waals surface area contributed by atoms with Gasteiger partial charge < -0.3 is 10.2 Å². The molecule has 1 N–H and O–H groups in total. The van der Waals surface area contributed by atoms with E-state index >= 15 is 0 Å². The molecule has 3 aromatic rings.